The van der Waals surface area contributed by atoms with Crippen LogP contribution in [-0.4, -0.2) is 20.4 Å². The predicted octanol–water partition coefficient (Wildman–Crippen LogP) is 2.44. The van der Waals surface area contributed by atoms with Crippen molar-refractivity contribution in [3.63, 3.8) is 0 Å². The van der Waals surface area contributed by atoms with Crippen molar-refractivity contribution in [1.82, 2.24) is 19.9 Å². The molecule has 0 aliphatic heterocycles. The molecule has 0 unspecified atom stereocenters. The molecule has 0 spiro atoms. The second-order valence-electron chi connectivity index (χ2n) is 5.88. The van der Waals surface area contributed by atoms with Crippen LogP contribution in [0.2, 0.25) is 0 Å². The van der Waals surface area contributed by atoms with Gasteiger partial charge in [-0.2, -0.15) is 0 Å². The van der Waals surface area contributed by atoms with Crippen molar-refractivity contribution in [2.45, 2.75) is 26.9 Å². The molecule has 6 nitrogen and oxygen atoms in total. The topological polar surface area (TPSA) is 76.9 Å². The first-order valence-electron chi connectivity index (χ1n) is 7.72. The van der Waals surface area contributed by atoms with Gasteiger partial charge in [0, 0.05) is 17.6 Å². The highest BCUT2D eigenvalue weighted by atomic mass is 32.1. The van der Waals surface area contributed by atoms with Crippen LogP contribution in [0.5, 0.6) is 0 Å². The molecule has 0 radical (unpaired) electrons. The molecule has 3 heterocycles. The molecule has 3 rings (SSSR count). The van der Waals surface area contributed by atoms with Gasteiger partial charge in [-0.1, -0.05) is 19.9 Å². The molecule has 3 aromatic heterocycles. The van der Waals surface area contributed by atoms with Crippen LogP contribution in [0.4, 0.5) is 0 Å². The zero-order valence-corrected chi connectivity index (χ0v) is 14.3. The molecule has 0 aromatic carbocycles. The highest BCUT2D eigenvalue weighted by molar-refractivity contribution is 7.09. The molecular formula is C17H18N4O2S. The maximum absolute atomic E-state index is 12.7. The molecule has 0 saturated heterocycles. The number of rotatable bonds is 5. The van der Waals surface area contributed by atoms with E-state index in [0.717, 1.165) is 4.88 Å². The summed E-state index contributed by atoms with van der Waals surface area (Å²) in [4.78, 5) is 34.7. The number of hydrogen-bond acceptors (Lipinski definition) is 5. The van der Waals surface area contributed by atoms with E-state index in [1.807, 2.05) is 31.4 Å². The van der Waals surface area contributed by atoms with Gasteiger partial charge >= 0.3 is 0 Å². The van der Waals surface area contributed by atoms with Crippen LogP contribution in [0.25, 0.3) is 11.2 Å². The normalized spacial score (nSPS) is 11.1. The quantitative estimate of drug-likeness (QED) is 0.772. The maximum Gasteiger partial charge on any atom is 0.283 e. The Hall–Kier alpha value is -2.54. The van der Waals surface area contributed by atoms with E-state index in [1.54, 1.807) is 29.7 Å². The second-order valence-corrected chi connectivity index (χ2v) is 6.91. The van der Waals surface area contributed by atoms with Gasteiger partial charge < -0.3 is 5.32 Å². The predicted molar refractivity (Wildman–Crippen MR) is 94.1 cm³/mol. The monoisotopic (exact) mass is 342 g/mol. The minimum Gasteiger partial charge on any atom is -0.346 e. The highest BCUT2D eigenvalue weighted by Crippen LogP contribution is 2.10. The molecule has 0 atom stereocenters. The molecule has 0 aliphatic rings. The van der Waals surface area contributed by atoms with Gasteiger partial charge in [-0.05, 0) is 29.5 Å². The van der Waals surface area contributed by atoms with Gasteiger partial charge in [-0.25, -0.2) is 9.97 Å². The number of pyridine rings is 1. The molecule has 24 heavy (non-hydrogen) atoms. The Bertz CT molecular complexity index is 916. The summed E-state index contributed by atoms with van der Waals surface area (Å²) in [6.07, 6.45) is 1.62. The molecule has 1 N–H and O–H groups in total. The number of fused-ring (bicyclic) bond motifs is 1. The first kappa shape index (κ1) is 16.3. The third-order valence-corrected chi connectivity index (χ3v) is 4.34. The van der Waals surface area contributed by atoms with Crippen molar-refractivity contribution in [3.8, 4) is 0 Å². The van der Waals surface area contributed by atoms with Crippen molar-refractivity contribution in [2.24, 2.45) is 5.92 Å². The summed E-state index contributed by atoms with van der Waals surface area (Å²) in [7, 11) is 0. The average Bonchev–Trinajstić information content (AvgIpc) is 3.08. The number of amides is 1. The van der Waals surface area contributed by atoms with Crippen molar-refractivity contribution >= 4 is 28.4 Å². The molecule has 7 heteroatoms. The largest absolute Gasteiger partial charge is 0.346 e. The van der Waals surface area contributed by atoms with E-state index in [4.69, 9.17) is 0 Å². The number of carbonyl (C=O) groups is 1. The number of hydrogen-bond donors (Lipinski definition) is 1. The van der Waals surface area contributed by atoms with Crippen LogP contribution in [0.3, 0.4) is 0 Å². The molecule has 3 aromatic rings. The fraction of sp³-hybridized carbons (Fsp3) is 0.294. The van der Waals surface area contributed by atoms with Gasteiger partial charge in [0.1, 0.15) is 5.52 Å². The van der Waals surface area contributed by atoms with E-state index in [1.165, 1.54) is 4.57 Å². The van der Waals surface area contributed by atoms with Gasteiger partial charge in [-0.15, -0.1) is 11.3 Å². The van der Waals surface area contributed by atoms with Gasteiger partial charge in [-0.3, -0.25) is 14.2 Å². The van der Waals surface area contributed by atoms with Crippen molar-refractivity contribution in [1.29, 1.82) is 0 Å². The van der Waals surface area contributed by atoms with E-state index in [2.05, 4.69) is 15.3 Å². The Kier molecular flexibility index (Phi) is 4.71. The van der Waals surface area contributed by atoms with E-state index < -0.39 is 11.5 Å². The Morgan fingerprint density at radius 1 is 1.33 bits per heavy atom. The molecule has 124 valence electrons. The summed E-state index contributed by atoms with van der Waals surface area (Å²) in [5.74, 6) is -0.214. The highest BCUT2D eigenvalue weighted by Gasteiger charge is 2.18. The minimum atomic E-state index is -0.461. The van der Waals surface area contributed by atoms with Gasteiger partial charge in [0.05, 0.1) is 6.54 Å². The molecule has 0 bridgehead atoms. The first-order valence-corrected chi connectivity index (χ1v) is 8.60. The van der Waals surface area contributed by atoms with E-state index in [0.29, 0.717) is 24.3 Å². The van der Waals surface area contributed by atoms with Crippen LogP contribution in [0, 0.1) is 5.92 Å². The number of aromatic nitrogens is 3. The summed E-state index contributed by atoms with van der Waals surface area (Å²) in [5, 5.41) is 4.70. The van der Waals surface area contributed by atoms with Gasteiger partial charge in [0.15, 0.2) is 11.3 Å². The molecule has 0 fully saturated rings. The number of carbonyl (C=O) groups excluding carboxylic acids is 1. The van der Waals surface area contributed by atoms with E-state index in [-0.39, 0.29) is 11.6 Å². The SMILES string of the molecule is CC(C)Cn1c(=O)c(C(=O)NCc2cccs2)nc2cccnc21. The average molecular weight is 342 g/mol. The lowest BCUT2D eigenvalue weighted by molar-refractivity contribution is 0.0944. The smallest absolute Gasteiger partial charge is 0.283 e. The van der Waals surface area contributed by atoms with Crippen LogP contribution in [0.15, 0.2) is 40.6 Å². The van der Waals surface area contributed by atoms with E-state index in [9.17, 15) is 9.59 Å². The lowest BCUT2D eigenvalue weighted by atomic mass is 10.2. The summed E-state index contributed by atoms with van der Waals surface area (Å²) >= 11 is 1.55. The zero-order valence-electron chi connectivity index (χ0n) is 13.5. The third kappa shape index (κ3) is 3.35. The molecule has 1 amide bonds. The van der Waals surface area contributed by atoms with E-state index >= 15 is 0 Å². The van der Waals surface area contributed by atoms with Crippen LogP contribution < -0.4 is 10.9 Å². The second kappa shape index (κ2) is 6.92. The van der Waals surface area contributed by atoms with Crippen molar-refractivity contribution in [3.05, 3.63) is 56.8 Å². The van der Waals surface area contributed by atoms with Gasteiger partial charge in [0.25, 0.3) is 11.5 Å². The number of nitrogens with one attached hydrogen (secondary N) is 1. The van der Waals surface area contributed by atoms with Crippen LogP contribution in [0.1, 0.15) is 29.2 Å². The van der Waals surface area contributed by atoms with Crippen molar-refractivity contribution in [2.75, 3.05) is 0 Å². The third-order valence-electron chi connectivity index (χ3n) is 3.47. The Morgan fingerprint density at radius 2 is 2.17 bits per heavy atom. The molecule has 0 aliphatic carbocycles. The lowest BCUT2D eigenvalue weighted by Crippen LogP contribution is -2.35. The Labute approximate surface area is 143 Å². The summed E-state index contributed by atoms with van der Waals surface area (Å²) < 4.78 is 1.53. The van der Waals surface area contributed by atoms with Crippen LogP contribution >= 0.6 is 11.3 Å². The fourth-order valence-electron chi connectivity index (χ4n) is 2.42. The maximum atomic E-state index is 12.7. The summed E-state index contributed by atoms with van der Waals surface area (Å²) in [5.41, 5.74) is 0.552. The number of nitrogens with zero attached hydrogens (tertiary/aromatic N) is 3. The standard InChI is InChI=1S/C17H18N4O2S/c1-11(2)10-21-15-13(6-3-7-18-15)20-14(17(21)23)16(22)19-9-12-5-4-8-24-12/h3-8,11H,9-10H2,1-2H3,(H,19,22). The summed E-state index contributed by atoms with van der Waals surface area (Å²) in [6, 6.07) is 7.35. The van der Waals surface area contributed by atoms with Gasteiger partial charge in [0.2, 0.25) is 0 Å². The minimum absolute atomic E-state index is 0.0901. The fourth-order valence-corrected chi connectivity index (χ4v) is 3.07. The number of thiophene rings is 1. The lowest BCUT2D eigenvalue weighted by Gasteiger charge is -2.13. The summed E-state index contributed by atoms with van der Waals surface area (Å²) in [6.45, 7) is 4.89. The van der Waals surface area contributed by atoms with Crippen LogP contribution in [-0.2, 0) is 13.1 Å². The Morgan fingerprint density at radius 3 is 2.88 bits per heavy atom. The molecular weight excluding hydrogens is 324 g/mol. The zero-order chi connectivity index (χ0) is 17.1. The van der Waals surface area contributed by atoms with Crippen molar-refractivity contribution < 1.29 is 4.79 Å². The Balaban J connectivity index is 1.99. The first-order chi connectivity index (χ1) is 11.6. The molecule has 0 saturated carbocycles.